The molecule has 0 bridgehead atoms. The summed E-state index contributed by atoms with van der Waals surface area (Å²) in [4.78, 5) is 2.55. The Balaban J connectivity index is 1.29. The standard InChI is InChI=1S/C53H39N/c1-3-18-37(19-4-1)40-25-12-16-33-51(40)54(38-22-5-2-6-23-38)52-35-50-45(34-46(52)41-29-17-21-36-20-7-8-24-39(36)41)44-28-11-15-32-49(44)53(50)47-30-13-9-26-42(47)43-27-10-14-31-48(43)53/h1-6,9-19,21-23,25-35H,7-8,20,24H2. The Morgan fingerprint density at radius 2 is 0.889 bits per heavy atom. The van der Waals surface area contributed by atoms with Crippen molar-refractivity contribution in [2.24, 2.45) is 0 Å². The van der Waals surface area contributed by atoms with E-state index in [9.17, 15) is 0 Å². The summed E-state index contributed by atoms with van der Waals surface area (Å²) in [5.74, 6) is 0. The number of nitrogens with zero attached hydrogens (tertiary/aromatic N) is 1. The Bertz CT molecular complexity index is 2680. The molecule has 256 valence electrons. The van der Waals surface area contributed by atoms with E-state index >= 15 is 0 Å². The van der Waals surface area contributed by atoms with Gasteiger partial charge in [-0.3, -0.25) is 0 Å². The molecule has 0 atom stereocenters. The molecular weight excluding hydrogens is 651 g/mol. The fourth-order valence-electron chi connectivity index (χ4n) is 10.1. The molecule has 0 radical (unpaired) electrons. The molecule has 8 aromatic carbocycles. The molecule has 3 aliphatic rings. The van der Waals surface area contributed by atoms with Crippen molar-refractivity contribution in [1.29, 1.82) is 0 Å². The van der Waals surface area contributed by atoms with Crippen molar-refractivity contribution >= 4 is 17.1 Å². The summed E-state index contributed by atoms with van der Waals surface area (Å²) in [5.41, 5.74) is 21.9. The van der Waals surface area contributed by atoms with Crippen LogP contribution in [0.3, 0.4) is 0 Å². The van der Waals surface area contributed by atoms with Crippen molar-refractivity contribution in [1.82, 2.24) is 0 Å². The van der Waals surface area contributed by atoms with E-state index in [1.54, 1.807) is 0 Å². The minimum Gasteiger partial charge on any atom is -0.309 e. The molecule has 0 heterocycles. The summed E-state index contributed by atoms with van der Waals surface area (Å²) >= 11 is 0. The van der Waals surface area contributed by atoms with E-state index in [4.69, 9.17) is 0 Å². The van der Waals surface area contributed by atoms with E-state index in [1.807, 2.05) is 0 Å². The highest BCUT2D eigenvalue weighted by Gasteiger charge is 2.52. The van der Waals surface area contributed by atoms with E-state index in [2.05, 4.69) is 193 Å². The Hall–Kier alpha value is -6.44. The molecule has 8 aromatic rings. The van der Waals surface area contributed by atoms with E-state index in [-0.39, 0.29) is 0 Å². The lowest BCUT2D eigenvalue weighted by molar-refractivity contribution is 0.687. The second-order valence-electron chi connectivity index (χ2n) is 15.0. The minimum atomic E-state index is -0.441. The zero-order valence-corrected chi connectivity index (χ0v) is 30.2. The fourth-order valence-corrected chi connectivity index (χ4v) is 10.1. The lowest BCUT2D eigenvalue weighted by atomic mass is 9.70. The number of hydrogen-bond donors (Lipinski definition) is 0. The highest BCUT2D eigenvalue weighted by molar-refractivity contribution is 6.01. The van der Waals surface area contributed by atoms with Crippen LogP contribution >= 0.6 is 0 Å². The van der Waals surface area contributed by atoms with Crippen molar-refractivity contribution in [3.05, 3.63) is 221 Å². The third-order valence-electron chi connectivity index (χ3n) is 12.3. The van der Waals surface area contributed by atoms with Crippen LogP contribution in [0, 0.1) is 0 Å². The van der Waals surface area contributed by atoms with E-state index in [0.29, 0.717) is 0 Å². The molecular formula is C53H39N. The van der Waals surface area contributed by atoms with Crippen LogP contribution in [0.4, 0.5) is 17.1 Å². The monoisotopic (exact) mass is 689 g/mol. The Kier molecular flexibility index (Phi) is 7.10. The van der Waals surface area contributed by atoms with Crippen LogP contribution in [0.2, 0.25) is 0 Å². The van der Waals surface area contributed by atoms with Gasteiger partial charge in [0.25, 0.3) is 0 Å². The highest BCUT2D eigenvalue weighted by Crippen LogP contribution is 2.64. The summed E-state index contributed by atoms with van der Waals surface area (Å²) in [6, 6.07) is 70.4. The third kappa shape index (κ3) is 4.45. The van der Waals surface area contributed by atoms with Crippen LogP contribution in [-0.4, -0.2) is 0 Å². The van der Waals surface area contributed by atoms with Crippen LogP contribution in [-0.2, 0) is 18.3 Å². The van der Waals surface area contributed by atoms with Gasteiger partial charge in [-0.25, -0.2) is 0 Å². The first kappa shape index (κ1) is 31.1. The number of anilines is 3. The zero-order chi connectivity index (χ0) is 35.6. The summed E-state index contributed by atoms with van der Waals surface area (Å²) in [7, 11) is 0. The number of fused-ring (bicyclic) bond motifs is 11. The van der Waals surface area contributed by atoms with Gasteiger partial charge in [-0.05, 0) is 123 Å². The molecule has 0 aliphatic heterocycles. The maximum Gasteiger partial charge on any atom is 0.0726 e. The second kappa shape index (κ2) is 12.3. The second-order valence-corrected chi connectivity index (χ2v) is 15.0. The van der Waals surface area contributed by atoms with Gasteiger partial charge in [0, 0.05) is 16.8 Å². The number of rotatable bonds is 5. The van der Waals surface area contributed by atoms with Gasteiger partial charge in [0.1, 0.15) is 0 Å². The topological polar surface area (TPSA) is 3.24 Å². The zero-order valence-electron chi connectivity index (χ0n) is 30.2. The molecule has 0 fully saturated rings. The van der Waals surface area contributed by atoms with Crippen LogP contribution < -0.4 is 4.90 Å². The van der Waals surface area contributed by atoms with Gasteiger partial charge in [-0.2, -0.15) is 0 Å². The molecule has 0 saturated heterocycles. The molecule has 0 saturated carbocycles. The van der Waals surface area contributed by atoms with Gasteiger partial charge in [-0.15, -0.1) is 0 Å². The normalized spacial score (nSPS) is 14.1. The maximum absolute atomic E-state index is 2.58. The molecule has 11 rings (SSSR count). The van der Waals surface area contributed by atoms with Gasteiger partial charge in [0.2, 0.25) is 0 Å². The van der Waals surface area contributed by atoms with Crippen LogP contribution in [0.25, 0.3) is 44.5 Å². The molecule has 1 heteroatoms. The van der Waals surface area contributed by atoms with Gasteiger partial charge < -0.3 is 4.90 Å². The summed E-state index contributed by atoms with van der Waals surface area (Å²) in [6.45, 7) is 0. The molecule has 1 spiro atoms. The van der Waals surface area contributed by atoms with Gasteiger partial charge >= 0.3 is 0 Å². The molecule has 0 aromatic heterocycles. The first-order valence-corrected chi connectivity index (χ1v) is 19.4. The quantitative estimate of drug-likeness (QED) is 0.174. The van der Waals surface area contributed by atoms with Crippen LogP contribution in [0.1, 0.15) is 46.2 Å². The first-order chi connectivity index (χ1) is 26.8. The highest BCUT2D eigenvalue weighted by atomic mass is 15.1. The van der Waals surface area contributed by atoms with Crippen molar-refractivity contribution < 1.29 is 0 Å². The minimum absolute atomic E-state index is 0.441. The molecule has 3 aliphatic carbocycles. The molecule has 54 heavy (non-hydrogen) atoms. The number of hydrogen-bond acceptors (Lipinski definition) is 1. The fraction of sp³-hybridized carbons (Fsp3) is 0.0943. The van der Waals surface area contributed by atoms with Crippen LogP contribution in [0.15, 0.2) is 188 Å². The average Bonchev–Trinajstić information content (AvgIpc) is 3.71. The number of benzene rings is 8. The summed E-state index contributed by atoms with van der Waals surface area (Å²) in [6.07, 6.45) is 4.73. The van der Waals surface area contributed by atoms with Gasteiger partial charge in [0.15, 0.2) is 0 Å². The van der Waals surface area contributed by atoms with Crippen molar-refractivity contribution in [2.45, 2.75) is 31.1 Å². The molecule has 1 nitrogen and oxygen atoms in total. The van der Waals surface area contributed by atoms with Crippen molar-refractivity contribution in [3.8, 4) is 44.5 Å². The van der Waals surface area contributed by atoms with Crippen molar-refractivity contribution in [2.75, 3.05) is 4.90 Å². The summed E-state index contributed by atoms with van der Waals surface area (Å²) in [5, 5.41) is 0. The van der Waals surface area contributed by atoms with E-state index in [0.717, 1.165) is 24.2 Å². The lowest BCUT2D eigenvalue weighted by Crippen LogP contribution is -2.26. The predicted octanol–water partition coefficient (Wildman–Crippen LogP) is 13.7. The Morgan fingerprint density at radius 1 is 0.352 bits per heavy atom. The molecule has 0 N–H and O–H groups in total. The smallest absolute Gasteiger partial charge is 0.0726 e. The average molecular weight is 690 g/mol. The van der Waals surface area contributed by atoms with Gasteiger partial charge in [0.05, 0.1) is 16.8 Å². The Morgan fingerprint density at radius 3 is 1.57 bits per heavy atom. The van der Waals surface area contributed by atoms with Crippen LogP contribution in [0.5, 0.6) is 0 Å². The van der Waals surface area contributed by atoms with E-state index < -0.39 is 5.41 Å². The number of para-hydroxylation sites is 2. The SMILES string of the molecule is c1ccc(-c2ccccc2N(c2ccccc2)c2cc3c(cc2-c2cccc4c2CCCC4)-c2ccccc2C32c3ccccc3-c3ccccc32)cc1. The van der Waals surface area contributed by atoms with Crippen molar-refractivity contribution in [3.63, 3.8) is 0 Å². The van der Waals surface area contributed by atoms with Gasteiger partial charge in [-0.1, -0.05) is 158 Å². The summed E-state index contributed by atoms with van der Waals surface area (Å²) < 4.78 is 0. The first-order valence-electron chi connectivity index (χ1n) is 19.4. The predicted molar refractivity (Wildman–Crippen MR) is 225 cm³/mol. The largest absolute Gasteiger partial charge is 0.309 e. The molecule has 0 unspecified atom stereocenters. The maximum atomic E-state index is 2.58. The Labute approximate surface area is 317 Å². The third-order valence-corrected chi connectivity index (χ3v) is 12.3. The van der Waals surface area contributed by atoms with E-state index in [1.165, 1.54) is 96.4 Å². The number of aryl methyl sites for hydroxylation is 1. The molecule has 0 amide bonds. The lowest BCUT2D eigenvalue weighted by Gasteiger charge is -2.34.